The summed E-state index contributed by atoms with van der Waals surface area (Å²) in [4.78, 5) is 22.5. The van der Waals surface area contributed by atoms with Crippen LogP contribution in [-0.2, 0) is 18.4 Å². The van der Waals surface area contributed by atoms with Crippen molar-refractivity contribution in [3.05, 3.63) is 47.3 Å². The summed E-state index contributed by atoms with van der Waals surface area (Å²) in [6.45, 7) is 2.57. The molecule has 1 amide bonds. The van der Waals surface area contributed by atoms with Gasteiger partial charge < -0.3 is 15.2 Å². The fourth-order valence-corrected chi connectivity index (χ4v) is 2.22. The molecule has 0 spiro atoms. The summed E-state index contributed by atoms with van der Waals surface area (Å²) in [5.41, 5.74) is 2.21. The molecule has 0 aliphatic rings. The van der Waals surface area contributed by atoms with Crippen molar-refractivity contribution in [2.24, 2.45) is 7.05 Å². The Morgan fingerprint density at radius 1 is 1.29 bits per heavy atom. The normalized spacial score (nSPS) is 10.4. The second-order valence-corrected chi connectivity index (χ2v) is 5.47. The van der Waals surface area contributed by atoms with Crippen molar-refractivity contribution in [3.63, 3.8) is 0 Å². The quantitative estimate of drug-likeness (QED) is 0.721. The van der Waals surface area contributed by atoms with Crippen LogP contribution < -0.4 is 10.1 Å². The maximum absolute atomic E-state index is 12.1. The van der Waals surface area contributed by atoms with Gasteiger partial charge in [0.1, 0.15) is 5.75 Å². The zero-order valence-electron chi connectivity index (χ0n) is 13.8. The molecule has 0 saturated carbocycles. The Labute approximate surface area is 140 Å². The first kappa shape index (κ1) is 17.5. The van der Waals surface area contributed by atoms with Crippen LogP contribution in [0.2, 0.25) is 0 Å². The molecule has 1 aromatic carbocycles. The number of aromatic nitrogens is 2. The molecule has 0 unspecified atom stereocenters. The van der Waals surface area contributed by atoms with Crippen LogP contribution >= 0.6 is 0 Å². The topological polar surface area (TPSA) is 93.5 Å². The second-order valence-electron chi connectivity index (χ2n) is 5.47. The number of carbonyl (C=O) groups is 2. The van der Waals surface area contributed by atoms with Crippen molar-refractivity contribution in [2.75, 3.05) is 6.61 Å². The zero-order valence-corrected chi connectivity index (χ0v) is 13.8. The Morgan fingerprint density at radius 3 is 2.58 bits per heavy atom. The maximum atomic E-state index is 12.1. The minimum atomic E-state index is -0.825. The van der Waals surface area contributed by atoms with E-state index in [1.54, 1.807) is 37.0 Å². The average molecular weight is 331 g/mol. The number of ether oxygens (including phenoxy) is 1. The predicted molar refractivity (Wildman–Crippen MR) is 87.9 cm³/mol. The van der Waals surface area contributed by atoms with Gasteiger partial charge in [-0.3, -0.25) is 14.3 Å². The van der Waals surface area contributed by atoms with Gasteiger partial charge in [-0.15, -0.1) is 0 Å². The van der Waals surface area contributed by atoms with Crippen molar-refractivity contribution in [3.8, 4) is 5.75 Å². The number of benzene rings is 1. The monoisotopic (exact) mass is 331 g/mol. The van der Waals surface area contributed by atoms with E-state index in [0.717, 1.165) is 5.56 Å². The van der Waals surface area contributed by atoms with Gasteiger partial charge in [0.05, 0.1) is 17.9 Å². The number of nitrogens with one attached hydrogen (secondary N) is 1. The number of aliphatic carboxylic acids is 1. The third kappa shape index (κ3) is 5.12. The summed E-state index contributed by atoms with van der Waals surface area (Å²) in [5, 5.41) is 15.6. The Hall–Kier alpha value is -2.83. The molecule has 7 heteroatoms. The molecule has 0 aliphatic carbocycles. The van der Waals surface area contributed by atoms with E-state index in [2.05, 4.69) is 10.4 Å². The Morgan fingerprint density at radius 2 is 2.00 bits per heavy atom. The number of nitrogens with zero attached hydrogens (tertiary/aromatic N) is 2. The predicted octanol–water partition coefficient (Wildman–Crippen LogP) is 1.90. The largest absolute Gasteiger partial charge is 0.494 e. The molecule has 0 fully saturated rings. The highest BCUT2D eigenvalue weighted by atomic mass is 16.5. The molecule has 2 aromatic rings. The highest BCUT2D eigenvalue weighted by Gasteiger charge is 2.11. The Balaban J connectivity index is 1.80. The minimum Gasteiger partial charge on any atom is -0.494 e. The van der Waals surface area contributed by atoms with Crippen molar-refractivity contribution in [1.82, 2.24) is 15.1 Å². The molecule has 0 radical (unpaired) electrons. The molecule has 0 atom stereocenters. The number of rotatable bonds is 8. The van der Waals surface area contributed by atoms with E-state index in [1.807, 2.05) is 12.1 Å². The lowest BCUT2D eigenvalue weighted by Gasteiger charge is -2.07. The van der Waals surface area contributed by atoms with Crippen LogP contribution in [-0.4, -0.2) is 33.4 Å². The van der Waals surface area contributed by atoms with E-state index in [-0.39, 0.29) is 12.3 Å². The molecule has 7 nitrogen and oxygen atoms in total. The number of carbonyl (C=O) groups excluding carboxylic acids is 1. The maximum Gasteiger partial charge on any atom is 0.303 e. The molecule has 128 valence electrons. The molecule has 1 aromatic heterocycles. The highest BCUT2D eigenvalue weighted by molar-refractivity contribution is 5.94. The highest BCUT2D eigenvalue weighted by Crippen LogP contribution is 2.13. The van der Waals surface area contributed by atoms with Gasteiger partial charge in [-0.05, 0) is 31.0 Å². The molecule has 0 bridgehead atoms. The summed E-state index contributed by atoms with van der Waals surface area (Å²) >= 11 is 0. The fourth-order valence-electron chi connectivity index (χ4n) is 2.22. The molecule has 0 saturated heterocycles. The fraction of sp³-hybridized carbons (Fsp3) is 0.353. The smallest absolute Gasteiger partial charge is 0.303 e. The van der Waals surface area contributed by atoms with Gasteiger partial charge in [-0.25, -0.2) is 0 Å². The lowest BCUT2D eigenvalue weighted by atomic mass is 10.2. The van der Waals surface area contributed by atoms with Crippen LogP contribution in [0.4, 0.5) is 0 Å². The molecule has 0 aliphatic heterocycles. The van der Waals surface area contributed by atoms with Gasteiger partial charge >= 0.3 is 5.97 Å². The second kappa shape index (κ2) is 8.14. The van der Waals surface area contributed by atoms with Crippen molar-refractivity contribution < 1.29 is 19.4 Å². The SMILES string of the molecule is Cc1nn(C)cc1C(=O)NCc1ccc(OCCCC(=O)O)cc1. The summed E-state index contributed by atoms with van der Waals surface area (Å²) in [7, 11) is 1.78. The van der Waals surface area contributed by atoms with E-state index < -0.39 is 5.97 Å². The van der Waals surface area contributed by atoms with Crippen LogP contribution in [0.15, 0.2) is 30.5 Å². The standard InChI is InChI=1S/C17H21N3O4/c1-12-15(11-20(2)19-12)17(23)18-10-13-5-7-14(8-6-13)24-9-3-4-16(21)22/h5-8,11H,3-4,9-10H2,1-2H3,(H,18,23)(H,21,22). The average Bonchev–Trinajstić information content (AvgIpc) is 2.89. The number of amides is 1. The van der Waals surface area contributed by atoms with Crippen molar-refractivity contribution in [2.45, 2.75) is 26.3 Å². The van der Waals surface area contributed by atoms with Crippen LogP contribution in [0.1, 0.15) is 34.5 Å². The first-order valence-corrected chi connectivity index (χ1v) is 7.67. The van der Waals surface area contributed by atoms with Crippen LogP contribution in [0.5, 0.6) is 5.75 Å². The number of carboxylic acids is 1. The van der Waals surface area contributed by atoms with E-state index in [1.165, 1.54) is 0 Å². The lowest BCUT2D eigenvalue weighted by Crippen LogP contribution is -2.23. The van der Waals surface area contributed by atoms with E-state index in [0.29, 0.717) is 36.6 Å². The molecular formula is C17H21N3O4. The molecular weight excluding hydrogens is 310 g/mol. The number of aryl methyl sites for hydroxylation is 2. The zero-order chi connectivity index (χ0) is 17.5. The summed E-state index contributed by atoms with van der Waals surface area (Å²) < 4.78 is 7.07. The van der Waals surface area contributed by atoms with Gasteiger partial charge in [0, 0.05) is 26.2 Å². The number of carboxylic acid groups (broad SMARTS) is 1. The third-order valence-corrected chi connectivity index (χ3v) is 3.44. The third-order valence-electron chi connectivity index (χ3n) is 3.44. The van der Waals surface area contributed by atoms with Gasteiger partial charge in [0.15, 0.2) is 0 Å². The van der Waals surface area contributed by atoms with Gasteiger partial charge in [0.2, 0.25) is 0 Å². The van der Waals surface area contributed by atoms with Gasteiger partial charge in [-0.1, -0.05) is 12.1 Å². The van der Waals surface area contributed by atoms with E-state index in [4.69, 9.17) is 9.84 Å². The van der Waals surface area contributed by atoms with E-state index >= 15 is 0 Å². The van der Waals surface area contributed by atoms with Gasteiger partial charge in [0.25, 0.3) is 5.91 Å². The van der Waals surface area contributed by atoms with E-state index in [9.17, 15) is 9.59 Å². The molecule has 24 heavy (non-hydrogen) atoms. The first-order valence-electron chi connectivity index (χ1n) is 7.67. The summed E-state index contributed by atoms with van der Waals surface area (Å²) in [6, 6.07) is 7.33. The minimum absolute atomic E-state index is 0.0951. The molecule has 2 N–H and O–H groups in total. The Bertz CT molecular complexity index is 707. The lowest BCUT2D eigenvalue weighted by molar-refractivity contribution is -0.137. The number of hydrogen-bond acceptors (Lipinski definition) is 4. The van der Waals surface area contributed by atoms with Crippen LogP contribution in [0.3, 0.4) is 0 Å². The summed E-state index contributed by atoms with van der Waals surface area (Å²) in [5.74, 6) is -0.304. The van der Waals surface area contributed by atoms with Gasteiger partial charge in [-0.2, -0.15) is 5.10 Å². The van der Waals surface area contributed by atoms with Crippen LogP contribution in [0.25, 0.3) is 0 Å². The molecule has 2 rings (SSSR count). The van der Waals surface area contributed by atoms with Crippen molar-refractivity contribution in [1.29, 1.82) is 0 Å². The summed E-state index contributed by atoms with van der Waals surface area (Å²) in [6.07, 6.45) is 2.26. The van der Waals surface area contributed by atoms with Crippen LogP contribution in [0, 0.1) is 6.92 Å². The first-order chi connectivity index (χ1) is 11.5. The Kier molecular flexibility index (Phi) is 5.95. The number of hydrogen-bond donors (Lipinski definition) is 2. The van der Waals surface area contributed by atoms with Crippen molar-refractivity contribution >= 4 is 11.9 Å². The molecule has 1 heterocycles.